The number of hydrogen-bond donors (Lipinski definition) is 2. The molecule has 1 amide bonds. The van der Waals surface area contributed by atoms with Gasteiger partial charge in [-0.3, -0.25) is 9.59 Å². The van der Waals surface area contributed by atoms with Crippen molar-refractivity contribution in [3.05, 3.63) is 42.0 Å². The minimum Gasteiger partial charge on any atom is -0.456 e. The Kier molecular flexibility index (Phi) is 5.76. The van der Waals surface area contributed by atoms with Crippen LogP contribution in [0.25, 0.3) is 21.9 Å². The van der Waals surface area contributed by atoms with Crippen LogP contribution in [0.5, 0.6) is 0 Å². The summed E-state index contributed by atoms with van der Waals surface area (Å²) in [6.07, 6.45) is 1.41. The Bertz CT molecular complexity index is 1410. The van der Waals surface area contributed by atoms with Gasteiger partial charge in [0, 0.05) is 16.3 Å². The number of furan rings is 1. The van der Waals surface area contributed by atoms with Gasteiger partial charge in [0.2, 0.25) is 15.9 Å². The fraction of sp³-hybridized carbons (Fsp3) is 0.375. The molecule has 9 heteroatoms. The van der Waals surface area contributed by atoms with E-state index in [4.69, 9.17) is 4.42 Å². The number of nitriles is 1. The zero-order valence-electron chi connectivity index (χ0n) is 18.6. The Hall–Kier alpha value is -3.22. The van der Waals surface area contributed by atoms with Crippen LogP contribution in [-0.2, 0) is 14.8 Å². The van der Waals surface area contributed by atoms with Crippen molar-refractivity contribution < 1.29 is 22.4 Å². The van der Waals surface area contributed by atoms with Crippen LogP contribution in [0.4, 0.5) is 0 Å². The maximum atomic E-state index is 13.2. The molecule has 2 aromatic carbocycles. The first-order valence-electron chi connectivity index (χ1n) is 10.8. The van der Waals surface area contributed by atoms with E-state index in [2.05, 4.69) is 16.1 Å². The quantitative estimate of drug-likeness (QED) is 0.487. The van der Waals surface area contributed by atoms with E-state index in [9.17, 15) is 23.3 Å². The number of hydrogen-bond acceptors (Lipinski definition) is 6. The van der Waals surface area contributed by atoms with Crippen molar-refractivity contribution in [1.82, 2.24) is 10.0 Å². The van der Waals surface area contributed by atoms with Gasteiger partial charge < -0.3 is 9.73 Å². The number of nitrogens with zero attached hydrogens (tertiary/aromatic N) is 1. The predicted octanol–water partition coefficient (Wildman–Crippen LogP) is 3.65. The van der Waals surface area contributed by atoms with Crippen molar-refractivity contribution in [1.29, 1.82) is 5.26 Å². The van der Waals surface area contributed by atoms with Gasteiger partial charge in [0.25, 0.3) is 0 Å². The largest absolute Gasteiger partial charge is 0.456 e. The van der Waals surface area contributed by atoms with E-state index in [0.717, 1.165) is 0 Å². The predicted molar refractivity (Wildman–Crippen MR) is 123 cm³/mol. The number of carbonyl (C=O) groups is 2. The molecule has 172 valence electrons. The molecule has 1 aliphatic rings. The van der Waals surface area contributed by atoms with Gasteiger partial charge in [0.15, 0.2) is 5.78 Å². The third-order valence-electron chi connectivity index (χ3n) is 5.81. The molecule has 1 aromatic heterocycles. The molecule has 8 nitrogen and oxygen atoms in total. The van der Waals surface area contributed by atoms with Gasteiger partial charge in [-0.1, -0.05) is 19.9 Å². The Labute approximate surface area is 192 Å². The van der Waals surface area contributed by atoms with Crippen molar-refractivity contribution in [2.75, 3.05) is 0 Å². The highest BCUT2D eigenvalue weighted by Crippen LogP contribution is 2.35. The van der Waals surface area contributed by atoms with Gasteiger partial charge in [-0.2, -0.15) is 9.98 Å². The van der Waals surface area contributed by atoms with Crippen LogP contribution in [0.3, 0.4) is 0 Å². The maximum Gasteiger partial charge on any atom is 0.241 e. The van der Waals surface area contributed by atoms with Crippen LogP contribution in [-0.4, -0.2) is 31.7 Å². The Morgan fingerprint density at radius 2 is 1.85 bits per heavy atom. The van der Waals surface area contributed by atoms with E-state index in [-0.39, 0.29) is 23.0 Å². The average Bonchev–Trinajstić information content (AvgIpc) is 3.43. The molecule has 1 fully saturated rings. The fourth-order valence-electron chi connectivity index (χ4n) is 3.79. The average molecular weight is 468 g/mol. The summed E-state index contributed by atoms with van der Waals surface area (Å²) in [5.41, 5.74) is 0.601. The smallest absolute Gasteiger partial charge is 0.241 e. The van der Waals surface area contributed by atoms with Crippen molar-refractivity contribution in [2.24, 2.45) is 5.92 Å². The van der Waals surface area contributed by atoms with Crippen LogP contribution in [0.2, 0.25) is 0 Å². The van der Waals surface area contributed by atoms with E-state index >= 15 is 0 Å². The lowest BCUT2D eigenvalue weighted by molar-refractivity contribution is -0.123. The zero-order valence-corrected chi connectivity index (χ0v) is 19.5. The molecule has 0 aliphatic heterocycles. The van der Waals surface area contributed by atoms with E-state index in [1.165, 1.54) is 19.1 Å². The molecule has 3 aromatic rings. The van der Waals surface area contributed by atoms with Crippen LogP contribution in [0.15, 0.2) is 45.7 Å². The first kappa shape index (κ1) is 23.0. The van der Waals surface area contributed by atoms with Crippen molar-refractivity contribution in [3.8, 4) is 6.07 Å². The molecular weight excluding hydrogens is 442 g/mol. The SMILES string of the molecule is CC(=O)c1ccc2c(c1)oc1ccc(S(=O)(=O)N[C@@H](CC(C)C)C(=O)NC3(C#N)CC3)cc12. The number of benzene rings is 2. The van der Waals surface area contributed by atoms with Crippen molar-refractivity contribution in [3.63, 3.8) is 0 Å². The zero-order chi connectivity index (χ0) is 24.0. The Morgan fingerprint density at radius 3 is 2.45 bits per heavy atom. The Balaban J connectivity index is 1.66. The molecule has 0 radical (unpaired) electrons. The van der Waals surface area contributed by atoms with Gasteiger partial charge in [-0.05, 0) is 62.4 Å². The third kappa shape index (κ3) is 4.63. The number of Topliss-reactive ketones (excluding diaryl/α,β-unsaturated/α-hetero) is 1. The summed E-state index contributed by atoms with van der Waals surface area (Å²) in [5, 5.41) is 13.2. The summed E-state index contributed by atoms with van der Waals surface area (Å²) in [7, 11) is -4.04. The second kappa shape index (κ2) is 8.28. The number of ketones is 1. The summed E-state index contributed by atoms with van der Waals surface area (Å²) < 4.78 is 34.7. The van der Waals surface area contributed by atoms with Gasteiger partial charge in [-0.25, -0.2) is 8.42 Å². The molecule has 1 saturated carbocycles. The summed E-state index contributed by atoms with van der Waals surface area (Å²) in [6.45, 7) is 5.25. The van der Waals surface area contributed by atoms with Crippen molar-refractivity contribution >= 4 is 43.7 Å². The lowest BCUT2D eigenvalue weighted by Gasteiger charge is -2.21. The minimum absolute atomic E-state index is 0.00341. The van der Waals surface area contributed by atoms with Gasteiger partial charge in [0.1, 0.15) is 22.7 Å². The summed E-state index contributed by atoms with van der Waals surface area (Å²) in [5.74, 6) is -0.543. The molecule has 0 saturated heterocycles. The molecule has 1 heterocycles. The standard InChI is InChI=1S/C24H25N3O5S/c1-14(2)10-20(23(29)26-24(13-25)8-9-24)27-33(30,31)17-5-7-21-19(12-17)18-6-4-16(15(3)28)11-22(18)32-21/h4-7,11-12,14,20,27H,8-10H2,1-3H3,(H,26,29)/t20-/m0/s1. The lowest BCUT2D eigenvalue weighted by atomic mass is 10.0. The number of sulfonamides is 1. The third-order valence-corrected chi connectivity index (χ3v) is 7.28. The van der Waals surface area contributed by atoms with E-state index in [1.807, 2.05) is 13.8 Å². The second-order valence-corrected chi connectivity index (χ2v) is 10.7. The van der Waals surface area contributed by atoms with E-state index in [0.29, 0.717) is 40.3 Å². The van der Waals surface area contributed by atoms with E-state index < -0.39 is 27.5 Å². The van der Waals surface area contributed by atoms with Gasteiger partial charge in [-0.15, -0.1) is 0 Å². The minimum atomic E-state index is -4.04. The molecule has 1 aliphatic carbocycles. The molecule has 0 bridgehead atoms. The molecule has 4 rings (SSSR count). The molecule has 0 unspecified atom stereocenters. The molecule has 0 spiro atoms. The molecule has 2 N–H and O–H groups in total. The highest BCUT2D eigenvalue weighted by Gasteiger charge is 2.46. The first-order valence-corrected chi connectivity index (χ1v) is 12.2. The topological polar surface area (TPSA) is 129 Å². The Morgan fingerprint density at radius 1 is 1.12 bits per heavy atom. The maximum absolute atomic E-state index is 13.2. The molecular formula is C24H25N3O5S. The summed E-state index contributed by atoms with van der Waals surface area (Å²) >= 11 is 0. The first-order chi connectivity index (χ1) is 15.5. The number of fused-ring (bicyclic) bond motifs is 3. The van der Waals surface area contributed by atoms with E-state index in [1.54, 1.807) is 24.3 Å². The number of carbonyl (C=O) groups excluding carboxylic acids is 2. The van der Waals surface area contributed by atoms with Crippen LogP contribution >= 0.6 is 0 Å². The summed E-state index contributed by atoms with van der Waals surface area (Å²) in [4.78, 5) is 24.5. The fourth-order valence-corrected chi connectivity index (χ4v) is 5.02. The number of amides is 1. The number of nitrogens with one attached hydrogen (secondary N) is 2. The normalized spacial score (nSPS) is 16.0. The van der Waals surface area contributed by atoms with Crippen molar-refractivity contribution in [2.45, 2.75) is 56.5 Å². The molecule has 33 heavy (non-hydrogen) atoms. The number of rotatable bonds is 8. The molecule has 1 atom stereocenters. The lowest BCUT2D eigenvalue weighted by Crippen LogP contribution is -2.50. The highest BCUT2D eigenvalue weighted by molar-refractivity contribution is 7.89. The van der Waals surface area contributed by atoms with Crippen LogP contribution in [0.1, 0.15) is 50.4 Å². The monoisotopic (exact) mass is 467 g/mol. The second-order valence-electron chi connectivity index (χ2n) is 9.01. The van der Waals surface area contributed by atoms with Crippen LogP contribution < -0.4 is 10.0 Å². The summed E-state index contributed by atoms with van der Waals surface area (Å²) in [6, 6.07) is 10.6. The van der Waals surface area contributed by atoms with Gasteiger partial charge >= 0.3 is 0 Å². The van der Waals surface area contributed by atoms with Gasteiger partial charge in [0.05, 0.1) is 11.0 Å². The van der Waals surface area contributed by atoms with Crippen LogP contribution in [0, 0.1) is 17.2 Å². The highest BCUT2D eigenvalue weighted by atomic mass is 32.2.